The molecule has 2 N–H and O–H groups in total. The van der Waals surface area contributed by atoms with Gasteiger partial charge in [-0.15, -0.1) is 11.6 Å². The Balaban J connectivity index is 2.58. The molecule has 0 fully saturated rings. The second kappa shape index (κ2) is 6.12. The molecule has 0 saturated heterocycles. The molecule has 86 valence electrons. The van der Waals surface area contributed by atoms with Crippen LogP contribution in [0, 0.1) is 0 Å². The summed E-state index contributed by atoms with van der Waals surface area (Å²) in [6.07, 6.45) is 0. The minimum Gasteiger partial charge on any atom is -0.338 e. The topological polar surface area (TPSA) is 58.2 Å². The second-order valence-corrected chi connectivity index (χ2v) is 3.56. The van der Waals surface area contributed by atoms with Gasteiger partial charge in [0, 0.05) is 6.54 Å². The van der Waals surface area contributed by atoms with Crippen molar-refractivity contribution in [3.05, 3.63) is 35.9 Å². The summed E-state index contributed by atoms with van der Waals surface area (Å²) in [6.45, 7) is 2.22. The summed E-state index contributed by atoms with van der Waals surface area (Å²) in [5.41, 5.74) is 0.658. The number of carbonyl (C=O) groups excluding carboxylic acids is 2. The van der Waals surface area contributed by atoms with E-state index in [0.717, 1.165) is 0 Å². The summed E-state index contributed by atoms with van der Waals surface area (Å²) in [7, 11) is 0. The fraction of sp³-hybridized carbons (Fsp3) is 0.273. The van der Waals surface area contributed by atoms with Crippen LogP contribution in [-0.4, -0.2) is 18.5 Å². The van der Waals surface area contributed by atoms with Crippen LogP contribution >= 0.6 is 11.6 Å². The van der Waals surface area contributed by atoms with Crippen molar-refractivity contribution in [1.29, 1.82) is 0 Å². The number of hydrogen-bond donors (Lipinski definition) is 2. The number of alkyl halides is 1. The number of urea groups is 1. The number of rotatable bonds is 3. The van der Waals surface area contributed by atoms with E-state index in [1.54, 1.807) is 31.2 Å². The van der Waals surface area contributed by atoms with E-state index in [0.29, 0.717) is 12.1 Å². The summed E-state index contributed by atoms with van der Waals surface area (Å²) in [5.74, 6) is -0.529. The van der Waals surface area contributed by atoms with Crippen LogP contribution in [0.15, 0.2) is 30.3 Å². The van der Waals surface area contributed by atoms with E-state index < -0.39 is 17.3 Å². The zero-order chi connectivity index (χ0) is 12.0. The van der Waals surface area contributed by atoms with Crippen molar-refractivity contribution in [2.24, 2.45) is 0 Å². The molecule has 1 unspecified atom stereocenters. The lowest BCUT2D eigenvalue weighted by Crippen LogP contribution is -2.40. The number of imide groups is 1. The Morgan fingerprint density at radius 2 is 1.94 bits per heavy atom. The van der Waals surface area contributed by atoms with Crippen LogP contribution in [0.2, 0.25) is 0 Å². The predicted octanol–water partition coefficient (Wildman–Crippen LogP) is 1.81. The minimum absolute atomic E-state index is 0.456. The molecule has 5 heteroatoms. The first kappa shape index (κ1) is 12.5. The first-order valence-electron chi connectivity index (χ1n) is 4.93. The zero-order valence-electron chi connectivity index (χ0n) is 8.87. The van der Waals surface area contributed by atoms with Gasteiger partial charge in [-0.1, -0.05) is 30.3 Å². The number of amides is 3. The molecular formula is C11H13ClN2O2. The van der Waals surface area contributed by atoms with E-state index in [1.165, 1.54) is 0 Å². The van der Waals surface area contributed by atoms with E-state index in [9.17, 15) is 9.59 Å². The van der Waals surface area contributed by atoms with Gasteiger partial charge in [0.05, 0.1) is 0 Å². The molecule has 0 aliphatic rings. The highest BCUT2D eigenvalue weighted by molar-refractivity contribution is 6.31. The van der Waals surface area contributed by atoms with Gasteiger partial charge in [-0.05, 0) is 12.5 Å². The lowest BCUT2D eigenvalue weighted by atomic mass is 10.1. The molecule has 4 nitrogen and oxygen atoms in total. The SMILES string of the molecule is CCNC(=O)NC(=O)C(Cl)c1ccccc1. The second-order valence-electron chi connectivity index (χ2n) is 3.12. The molecule has 0 aliphatic carbocycles. The molecule has 3 amide bonds. The number of benzene rings is 1. The van der Waals surface area contributed by atoms with Gasteiger partial charge < -0.3 is 5.32 Å². The van der Waals surface area contributed by atoms with Gasteiger partial charge in [0.25, 0.3) is 5.91 Å². The smallest absolute Gasteiger partial charge is 0.321 e. The van der Waals surface area contributed by atoms with Crippen LogP contribution in [0.3, 0.4) is 0 Å². The van der Waals surface area contributed by atoms with Gasteiger partial charge in [0.15, 0.2) is 0 Å². The zero-order valence-corrected chi connectivity index (χ0v) is 9.62. The number of hydrogen-bond acceptors (Lipinski definition) is 2. The van der Waals surface area contributed by atoms with Crippen LogP contribution in [0.4, 0.5) is 4.79 Å². The third-order valence-electron chi connectivity index (χ3n) is 1.90. The van der Waals surface area contributed by atoms with E-state index in [-0.39, 0.29) is 0 Å². The van der Waals surface area contributed by atoms with Crippen molar-refractivity contribution >= 4 is 23.5 Å². The fourth-order valence-corrected chi connectivity index (χ4v) is 1.35. The van der Waals surface area contributed by atoms with Crippen LogP contribution in [-0.2, 0) is 4.79 Å². The molecule has 0 radical (unpaired) electrons. The van der Waals surface area contributed by atoms with Crippen molar-refractivity contribution in [3.63, 3.8) is 0 Å². The Kier molecular flexibility index (Phi) is 4.79. The van der Waals surface area contributed by atoms with Crippen LogP contribution in [0.25, 0.3) is 0 Å². The van der Waals surface area contributed by atoms with Crippen LogP contribution in [0.5, 0.6) is 0 Å². The molecule has 1 aromatic carbocycles. The van der Waals surface area contributed by atoms with Gasteiger partial charge in [-0.3, -0.25) is 10.1 Å². The highest BCUT2D eigenvalue weighted by Crippen LogP contribution is 2.19. The normalized spacial score (nSPS) is 11.6. The Morgan fingerprint density at radius 3 is 2.50 bits per heavy atom. The minimum atomic E-state index is -0.858. The summed E-state index contributed by atoms with van der Waals surface area (Å²) in [6, 6.07) is 8.32. The van der Waals surface area contributed by atoms with Crippen LogP contribution in [0.1, 0.15) is 17.9 Å². The lowest BCUT2D eigenvalue weighted by molar-refractivity contribution is -0.119. The molecule has 1 aromatic rings. The van der Waals surface area contributed by atoms with Gasteiger partial charge in [-0.25, -0.2) is 4.79 Å². The largest absolute Gasteiger partial charge is 0.338 e. The van der Waals surface area contributed by atoms with Gasteiger partial charge >= 0.3 is 6.03 Å². The number of carbonyl (C=O) groups is 2. The monoisotopic (exact) mass is 240 g/mol. The van der Waals surface area contributed by atoms with Crippen molar-refractivity contribution in [2.45, 2.75) is 12.3 Å². The average Bonchev–Trinajstić information content (AvgIpc) is 2.29. The molecule has 0 aliphatic heterocycles. The highest BCUT2D eigenvalue weighted by atomic mass is 35.5. The lowest BCUT2D eigenvalue weighted by Gasteiger charge is -2.09. The van der Waals surface area contributed by atoms with E-state index >= 15 is 0 Å². The fourth-order valence-electron chi connectivity index (χ4n) is 1.15. The average molecular weight is 241 g/mol. The highest BCUT2D eigenvalue weighted by Gasteiger charge is 2.18. The molecule has 0 heterocycles. The molecule has 0 bridgehead atoms. The molecule has 1 atom stereocenters. The van der Waals surface area contributed by atoms with Crippen molar-refractivity contribution in [3.8, 4) is 0 Å². The van der Waals surface area contributed by atoms with Gasteiger partial charge in [0.2, 0.25) is 0 Å². The van der Waals surface area contributed by atoms with Gasteiger partial charge in [0.1, 0.15) is 5.38 Å². The van der Waals surface area contributed by atoms with Crippen molar-refractivity contribution < 1.29 is 9.59 Å². The molecule has 1 rings (SSSR count). The van der Waals surface area contributed by atoms with Crippen LogP contribution < -0.4 is 10.6 Å². The molecule has 16 heavy (non-hydrogen) atoms. The Labute approximate surface area is 99.0 Å². The standard InChI is InChI=1S/C11H13ClN2O2/c1-2-13-11(16)14-10(15)9(12)8-6-4-3-5-7-8/h3-7,9H,2H2,1H3,(H2,13,14,15,16). The van der Waals surface area contributed by atoms with E-state index in [2.05, 4.69) is 10.6 Å². The van der Waals surface area contributed by atoms with E-state index in [4.69, 9.17) is 11.6 Å². The molecule has 0 saturated carbocycles. The maximum Gasteiger partial charge on any atom is 0.321 e. The van der Waals surface area contributed by atoms with E-state index in [1.807, 2.05) is 6.07 Å². The molecular weight excluding hydrogens is 228 g/mol. The van der Waals surface area contributed by atoms with Gasteiger partial charge in [-0.2, -0.15) is 0 Å². The summed E-state index contributed by atoms with van der Waals surface area (Å²) >= 11 is 5.91. The molecule has 0 aromatic heterocycles. The third-order valence-corrected chi connectivity index (χ3v) is 2.35. The Morgan fingerprint density at radius 1 is 1.31 bits per heavy atom. The molecule has 0 spiro atoms. The first-order chi connectivity index (χ1) is 7.65. The number of nitrogens with one attached hydrogen (secondary N) is 2. The Hall–Kier alpha value is -1.55. The maximum absolute atomic E-state index is 11.5. The Bertz CT molecular complexity index is 368. The van der Waals surface area contributed by atoms with Crippen molar-refractivity contribution in [2.75, 3.05) is 6.54 Å². The maximum atomic E-state index is 11.5. The summed E-state index contributed by atoms with van der Waals surface area (Å²) in [4.78, 5) is 22.6. The third kappa shape index (κ3) is 3.55. The predicted molar refractivity (Wildman–Crippen MR) is 62.3 cm³/mol. The quantitative estimate of drug-likeness (QED) is 0.792. The first-order valence-corrected chi connectivity index (χ1v) is 5.36. The summed E-state index contributed by atoms with van der Waals surface area (Å²) in [5, 5.41) is 3.75. The number of halogens is 1. The summed E-state index contributed by atoms with van der Waals surface area (Å²) < 4.78 is 0. The van der Waals surface area contributed by atoms with Crippen molar-refractivity contribution in [1.82, 2.24) is 10.6 Å².